The van der Waals surface area contributed by atoms with E-state index in [1.807, 2.05) is 0 Å². The minimum atomic E-state index is -2.66. The molecule has 3 aromatic carbocycles. The van der Waals surface area contributed by atoms with Crippen LogP contribution in [0.4, 0.5) is 0 Å². The zero-order chi connectivity index (χ0) is 19.5. The van der Waals surface area contributed by atoms with Crippen LogP contribution in [-0.2, 0) is 4.43 Å². The topological polar surface area (TPSA) is 33.6 Å². The van der Waals surface area contributed by atoms with E-state index in [0.29, 0.717) is 13.3 Å². The normalized spacial score (nSPS) is 16.0. The first-order valence-corrected chi connectivity index (χ1v) is 11.6. The standard InChI is InChI=1S/C24H26N2OSi/c1-24(2)23(25-19-26-24)18-27-28(20-12-6-3-7-13-20,21-14-8-4-9-15-21)22-16-10-5-11-17-22/h3-17,26H,18-19H2,1-2H3. The summed E-state index contributed by atoms with van der Waals surface area (Å²) in [6.45, 7) is 5.51. The van der Waals surface area contributed by atoms with Gasteiger partial charge in [0.2, 0.25) is 0 Å². The predicted molar refractivity (Wildman–Crippen MR) is 119 cm³/mol. The molecule has 0 atom stereocenters. The van der Waals surface area contributed by atoms with Crippen LogP contribution in [0.2, 0.25) is 0 Å². The van der Waals surface area contributed by atoms with E-state index in [4.69, 9.17) is 4.43 Å². The van der Waals surface area contributed by atoms with Crippen molar-refractivity contribution in [1.29, 1.82) is 0 Å². The summed E-state index contributed by atoms with van der Waals surface area (Å²) in [5.74, 6) is 0. The fourth-order valence-corrected chi connectivity index (χ4v) is 7.64. The lowest BCUT2D eigenvalue weighted by Crippen LogP contribution is -2.70. The maximum Gasteiger partial charge on any atom is 0.288 e. The van der Waals surface area contributed by atoms with Crippen molar-refractivity contribution in [1.82, 2.24) is 5.32 Å². The van der Waals surface area contributed by atoms with E-state index in [1.54, 1.807) is 0 Å². The molecule has 0 saturated carbocycles. The summed E-state index contributed by atoms with van der Waals surface area (Å²) >= 11 is 0. The maximum atomic E-state index is 6.98. The Balaban J connectivity index is 1.86. The summed E-state index contributed by atoms with van der Waals surface area (Å²) in [6.07, 6.45) is 0. The predicted octanol–water partition coefficient (Wildman–Crippen LogP) is 2.45. The van der Waals surface area contributed by atoms with Crippen molar-refractivity contribution >= 4 is 29.6 Å². The molecule has 1 N–H and O–H groups in total. The lowest BCUT2D eigenvalue weighted by Gasteiger charge is -2.34. The van der Waals surface area contributed by atoms with Gasteiger partial charge in [0.05, 0.1) is 24.5 Å². The minimum Gasteiger partial charge on any atom is -0.398 e. The summed E-state index contributed by atoms with van der Waals surface area (Å²) in [5, 5.41) is 7.17. The Morgan fingerprint density at radius 3 is 1.57 bits per heavy atom. The average Bonchev–Trinajstić information content (AvgIpc) is 3.09. The van der Waals surface area contributed by atoms with Crippen molar-refractivity contribution in [2.45, 2.75) is 19.4 Å². The van der Waals surface area contributed by atoms with Gasteiger partial charge in [0.15, 0.2) is 0 Å². The van der Waals surface area contributed by atoms with Gasteiger partial charge in [-0.3, -0.25) is 10.3 Å². The number of benzene rings is 3. The SMILES string of the molecule is CC1(C)NCN=C1CO[Si](c1ccccc1)(c1ccccc1)c1ccccc1. The van der Waals surface area contributed by atoms with E-state index < -0.39 is 8.32 Å². The van der Waals surface area contributed by atoms with Gasteiger partial charge in [0.1, 0.15) is 0 Å². The molecule has 0 aliphatic carbocycles. The molecule has 142 valence electrons. The number of rotatable bonds is 6. The molecule has 4 rings (SSSR count). The molecule has 3 nitrogen and oxygen atoms in total. The van der Waals surface area contributed by atoms with Gasteiger partial charge < -0.3 is 4.43 Å². The Hall–Kier alpha value is -2.53. The van der Waals surface area contributed by atoms with Crippen LogP contribution in [0.15, 0.2) is 96.0 Å². The van der Waals surface area contributed by atoms with Gasteiger partial charge in [0, 0.05) is 0 Å². The van der Waals surface area contributed by atoms with Gasteiger partial charge in [-0.1, -0.05) is 91.0 Å². The van der Waals surface area contributed by atoms with E-state index in [-0.39, 0.29) is 5.54 Å². The third kappa shape index (κ3) is 3.47. The average molecular weight is 387 g/mol. The number of hydrogen-bond donors (Lipinski definition) is 1. The fourth-order valence-electron chi connectivity index (χ4n) is 3.80. The molecule has 0 amide bonds. The second-order valence-electron chi connectivity index (χ2n) is 7.63. The molecule has 0 saturated heterocycles. The van der Waals surface area contributed by atoms with Crippen LogP contribution in [0.25, 0.3) is 0 Å². The highest BCUT2D eigenvalue weighted by atomic mass is 28.4. The van der Waals surface area contributed by atoms with Crippen LogP contribution in [0.5, 0.6) is 0 Å². The van der Waals surface area contributed by atoms with Crippen LogP contribution >= 0.6 is 0 Å². The fraction of sp³-hybridized carbons (Fsp3) is 0.208. The van der Waals surface area contributed by atoms with Gasteiger partial charge >= 0.3 is 0 Å². The molecule has 0 radical (unpaired) electrons. The third-order valence-corrected chi connectivity index (χ3v) is 9.50. The van der Waals surface area contributed by atoms with Crippen LogP contribution < -0.4 is 20.9 Å². The van der Waals surface area contributed by atoms with E-state index in [1.165, 1.54) is 15.6 Å². The molecule has 0 spiro atoms. The first-order chi connectivity index (χ1) is 13.6. The summed E-state index contributed by atoms with van der Waals surface area (Å²) in [4.78, 5) is 4.68. The third-order valence-electron chi connectivity index (χ3n) is 5.48. The van der Waals surface area contributed by atoms with Crippen molar-refractivity contribution in [2.75, 3.05) is 13.3 Å². The van der Waals surface area contributed by atoms with Crippen molar-refractivity contribution in [3.05, 3.63) is 91.0 Å². The Bertz CT molecular complexity index is 843. The number of nitrogens with zero attached hydrogens (tertiary/aromatic N) is 1. The molecule has 28 heavy (non-hydrogen) atoms. The second-order valence-corrected chi connectivity index (χ2v) is 11.0. The summed E-state index contributed by atoms with van der Waals surface area (Å²) < 4.78 is 6.98. The molecular formula is C24H26N2OSi. The van der Waals surface area contributed by atoms with Gasteiger partial charge in [0.25, 0.3) is 8.32 Å². The Labute approximate surface area is 168 Å². The van der Waals surface area contributed by atoms with Gasteiger partial charge in [-0.25, -0.2) is 0 Å². The molecule has 0 bridgehead atoms. The molecule has 1 aliphatic rings. The van der Waals surface area contributed by atoms with E-state index >= 15 is 0 Å². The molecular weight excluding hydrogens is 360 g/mol. The van der Waals surface area contributed by atoms with Crippen molar-refractivity contribution in [2.24, 2.45) is 4.99 Å². The molecule has 1 heterocycles. The lowest BCUT2D eigenvalue weighted by molar-refractivity contribution is 0.375. The lowest BCUT2D eigenvalue weighted by atomic mass is 10.0. The van der Waals surface area contributed by atoms with E-state index in [0.717, 1.165) is 5.71 Å². The maximum absolute atomic E-state index is 6.98. The number of nitrogens with one attached hydrogen (secondary N) is 1. The summed E-state index contributed by atoms with van der Waals surface area (Å²) in [6, 6.07) is 32.0. The van der Waals surface area contributed by atoms with Crippen LogP contribution in [0.3, 0.4) is 0 Å². The van der Waals surface area contributed by atoms with E-state index in [2.05, 4.69) is 115 Å². The van der Waals surface area contributed by atoms with Crippen LogP contribution in [0, 0.1) is 0 Å². The number of hydrogen-bond acceptors (Lipinski definition) is 3. The van der Waals surface area contributed by atoms with Crippen molar-refractivity contribution in [3.63, 3.8) is 0 Å². The quantitative estimate of drug-likeness (QED) is 0.522. The first kappa shape index (κ1) is 18.8. The Kier molecular flexibility index (Phi) is 5.26. The molecule has 4 heteroatoms. The molecule has 0 unspecified atom stereocenters. The Morgan fingerprint density at radius 1 is 0.786 bits per heavy atom. The van der Waals surface area contributed by atoms with Crippen LogP contribution in [-0.4, -0.2) is 32.8 Å². The van der Waals surface area contributed by atoms with Crippen molar-refractivity contribution < 1.29 is 4.43 Å². The van der Waals surface area contributed by atoms with Gasteiger partial charge in [-0.2, -0.15) is 0 Å². The van der Waals surface area contributed by atoms with Gasteiger partial charge in [-0.15, -0.1) is 0 Å². The monoisotopic (exact) mass is 386 g/mol. The van der Waals surface area contributed by atoms with Crippen LogP contribution in [0.1, 0.15) is 13.8 Å². The molecule has 0 aromatic heterocycles. The minimum absolute atomic E-state index is 0.135. The van der Waals surface area contributed by atoms with E-state index in [9.17, 15) is 0 Å². The molecule has 1 aliphatic heterocycles. The number of aliphatic imine (C=N–C) groups is 1. The molecule has 3 aromatic rings. The Morgan fingerprint density at radius 2 is 1.21 bits per heavy atom. The first-order valence-electron chi connectivity index (χ1n) is 9.72. The zero-order valence-corrected chi connectivity index (χ0v) is 17.4. The summed E-state index contributed by atoms with van der Waals surface area (Å²) in [5.41, 5.74) is 0.941. The largest absolute Gasteiger partial charge is 0.398 e. The molecule has 0 fully saturated rings. The zero-order valence-electron chi connectivity index (χ0n) is 16.4. The highest BCUT2D eigenvalue weighted by Gasteiger charge is 2.43. The highest BCUT2D eigenvalue weighted by molar-refractivity contribution is 7.07. The van der Waals surface area contributed by atoms with Gasteiger partial charge in [-0.05, 0) is 29.4 Å². The highest BCUT2D eigenvalue weighted by Crippen LogP contribution is 2.15. The summed E-state index contributed by atoms with van der Waals surface area (Å²) in [7, 11) is -2.66. The second kappa shape index (κ2) is 7.84. The van der Waals surface area contributed by atoms with Crippen molar-refractivity contribution in [3.8, 4) is 0 Å². The smallest absolute Gasteiger partial charge is 0.288 e.